The van der Waals surface area contributed by atoms with Crippen LogP contribution in [0.1, 0.15) is 5.56 Å². The van der Waals surface area contributed by atoms with Gasteiger partial charge in [-0.05, 0) is 42.4 Å². The van der Waals surface area contributed by atoms with Crippen LogP contribution in [-0.2, 0) is 6.54 Å². The lowest BCUT2D eigenvalue weighted by Crippen LogP contribution is -2.07. The van der Waals surface area contributed by atoms with Gasteiger partial charge in [0.15, 0.2) is 0 Å². The fourth-order valence-corrected chi connectivity index (χ4v) is 2.41. The highest BCUT2D eigenvalue weighted by Gasteiger charge is 2.15. The third-order valence-corrected chi connectivity index (χ3v) is 3.37. The third kappa shape index (κ3) is 2.89. The zero-order chi connectivity index (χ0) is 14.5. The topological polar surface area (TPSA) is 30.5 Å². The maximum atomic E-state index is 6.16. The number of ether oxygens (including phenoxy) is 2. The van der Waals surface area contributed by atoms with E-state index in [-0.39, 0.29) is 0 Å². The maximum Gasteiger partial charge on any atom is 0.130 e. The first-order valence-corrected chi connectivity index (χ1v) is 6.73. The van der Waals surface area contributed by atoms with Gasteiger partial charge in [-0.2, -0.15) is 0 Å². The second-order valence-electron chi connectivity index (χ2n) is 4.37. The van der Waals surface area contributed by atoms with Crippen molar-refractivity contribution in [2.75, 3.05) is 21.3 Å². The van der Waals surface area contributed by atoms with E-state index in [1.54, 1.807) is 14.2 Å². The Balaban J connectivity index is 2.69. The van der Waals surface area contributed by atoms with Crippen molar-refractivity contribution >= 4 is 11.6 Å². The second-order valence-corrected chi connectivity index (χ2v) is 4.81. The van der Waals surface area contributed by atoms with Crippen LogP contribution in [0.25, 0.3) is 11.1 Å². The van der Waals surface area contributed by atoms with Crippen LogP contribution in [0.15, 0.2) is 36.4 Å². The monoisotopic (exact) mass is 291 g/mol. The molecule has 106 valence electrons. The molecule has 2 aromatic rings. The van der Waals surface area contributed by atoms with Crippen molar-refractivity contribution in [3.8, 4) is 22.6 Å². The van der Waals surface area contributed by atoms with Crippen molar-refractivity contribution in [1.82, 2.24) is 5.32 Å². The summed E-state index contributed by atoms with van der Waals surface area (Å²) in [5.41, 5.74) is 3.08. The first kappa shape index (κ1) is 14.7. The van der Waals surface area contributed by atoms with Crippen molar-refractivity contribution < 1.29 is 9.47 Å². The van der Waals surface area contributed by atoms with Crippen molar-refractivity contribution in [2.24, 2.45) is 0 Å². The molecule has 0 aromatic heterocycles. The summed E-state index contributed by atoms with van der Waals surface area (Å²) in [4.78, 5) is 0. The molecule has 1 N–H and O–H groups in total. The van der Waals surface area contributed by atoms with Gasteiger partial charge in [0.05, 0.1) is 19.8 Å². The molecule has 0 unspecified atom stereocenters. The van der Waals surface area contributed by atoms with Gasteiger partial charge in [-0.3, -0.25) is 0 Å². The van der Waals surface area contributed by atoms with Gasteiger partial charge in [-0.15, -0.1) is 0 Å². The SMILES string of the molecule is CNCc1ccc(Cl)cc1-c1c(OC)cccc1OC. The molecule has 0 aliphatic rings. The summed E-state index contributed by atoms with van der Waals surface area (Å²) in [6, 6.07) is 11.6. The molecule has 4 heteroatoms. The van der Waals surface area contributed by atoms with Gasteiger partial charge >= 0.3 is 0 Å². The lowest BCUT2D eigenvalue weighted by Gasteiger charge is -2.16. The molecule has 0 amide bonds. The first-order chi connectivity index (χ1) is 9.71. The van der Waals surface area contributed by atoms with Crippen LogP contribution in [0.2, 0.25) is 5.02 Å². The number of hydrogen-bond acceptors (Lipinski definition) is 3. The zero-order valence-electron chi connectivity index (χ0n) is 11.9. The number of hydrogen-bond donors (Lipinski definition) is 1. The predicted molar refractivity (Wildman–Crippen MR) is 82.8 cm³/mol. The number of halogens is 1. The van der Waals surface area contributed by atoms with Crippen molar-refractivity contribution in [2.45, 2.75) is 6.54 Å². The summed E-state index contributed by atoms with van der Waals surface area (Å²) >= 11 is 6.16. The van der Waals surface area contributed by atoms with Crippen LogP contribution in [0.4, 0.5) is 0 Å². The first-order valence-electron chi connectivity index (χ1n) is 6.35. The molecule has 0 spiro atoms. The largest absolute Gasteiger partial charge is 0.496 e. The minimum Gasteiger partial charge on any atom is -0.496 e. The summed E-state index contributed by atoms with van der Waals surface area (Å²) < 4.78 is 10.9. The molecule has 0 bridgehead atoms. The fourth-order valence-electron chi connectivity index (χ4n) is 2.24. The van der Waals surface area contributed by atoms with E-state index in [9.17, 15) is 0 Å². The van der Waals surface area contributed by atoms with Gasteiger partial charge in [0, 0.05) is 11.6 Å². The van der Waals surface area contributed by atoms with Crippen LogP contribution in [-0.4, -0.2) is 21.3 Å². The molecule has 2 aromatic carbocycles. The molecule has 20 heavy (non-hydrogen) atoms. The molecule has 2 rings (SSSR count). The molecular weight excluding hydrogens is 274 g/mol. The van der Waals surface area contributed by atoms with Crippen LogP contribution in [0.3, 0.4) is 0 Å². The van der Waals surface area contributed by atoms with Crippen LogP contribution in [0.5, 0.6) is 11.5 Å². The standard InChI is InChI=1S/C16H18ClNO2/c1-18-10-11-7-8-12(17)9-13(11)16-14(19-2)5-4-6-15(16)20-3/h4-9,18H,10H2,1-3H3. The highest BCUT2D eigenvalue weighted by atomic mass is 35.5. The summed E-state index contributed by atoms with van der Waals surface area (Å²) in [7, 11) is 5.22. The number of benzene rings is 2. The van der Waals surface area contributed by atoms with Gasteiger partial charge in [0.1, 0.15) is 11.5 Å². The normalized spacial score (nSPS) is 10.4. The van der Waals surface area contributed by atoms with E-state index in [0.717, 1.165) is 34.7 Å². The van der Waals surface area contributed by atoms with E-state index < -0.39 is 0 Å². The molecule has 0 atom stereocenters. The van der Waals surface area contributed by atoms with Gasteiger partial charge in [-0.25, -0.2) is 0 Å². The number of rotatable bonds is 5. The third-order valence-electron chi connectivity index (χ3n) is 3.14. The summed E-state index contributed by atoms with van der Waals surface area (Å²) in [6.45, 7) is 0.744. The van der Waals surface area contributed by atoms with E-state index >= 15 is 0 Å². The molecule has 0 saturated heterocycles. The minimum atomic E-state index is 0.688. The Morgan fingerprint density at radius 1 is 1.05 bits per heavy atom. The van der Waals surface area contributed by atoms with Gasteiger partial charge < -0.3 is 14.8 Å². The van der Waals surface area contributed by atoms with Crippen molar-refractivity contribution in [1.29, 1.82) is 0 Å². The molecular formula is C16H18ClNO2. The molecule has 3 nitrogen and oxygen atoms in total. The molecule has 0 aliphatic heterocycles. The Morgan fingerprint density at radius 3 is 2.25 bits per heavy atom. The van der Waals surface area contributed by atoms with Crippen LogP contribution in [0, 0.1) is 0 Å². The molecule has 0 radical (unpaired) electrons. The zero-order valence-corrected chi connectivity index (χ0v) is 12.6. The minimum absolute atomic E-state index is 0.688. The second kappa shape index (κ2) is 6.64. The van der Waals surface area contributed by atoms with E-state index in [4.69, 9.17) is 21.1 Å². The Labute approximate surface area is 124 Å². The van der Waals surface area contributed by atoms with E-state index in [1.165, 1.54) is 0 Å². The summed E-state index contributed by atoms with van der Waals surface area (Å²) in [5, 5.41) is 3.85. The lowest BCUT2D eigenvalue weighted by molar-refractivity contribution is 0.397. The van der Waals surface area contributed by atoms with Crippen LogP contribution < -0.4 is 14.8 Å². The number of methoxy groups -OCH3 is 2. The highest BCUT2D eigenvalue weighted by Crippen LogP contribution is 2.40. The van der Waals surface area contributed by atoms with E-state index in [0.29, 0.717) is 5.02 Å². The quantitative estimate of drug-likeness (QED) is 0.910. The number of nitrogens with one attached hydrogen (secondary N) is 1. The van der Waals surface area contributed by atoms with E-state index in [1.807, 2.05) is 43.4 Å². The Kier molecular flexibility index (Phi) is 4.88. The summed E-state index contributed by atoms with van der Waals surface area (Å²) in [6.07, 6.45) is 0. The molecule has 0 aliphatic carbocycles. The molecule has 0 heterocycles. The maximum absolute atomic E-state index is 6.16. The Hall–Kier alpha value is -1.71. The van der Waals surface area contributed by atoms with Gasteiger partial charge in [0.2, 0.25) is 0 Å². The van der Waals surface area contributed by atoms with Crippen LogP contribution >= 0.6 is 11.6 Å². The Morgan fingerprint density at radius 2 is 1.70 bits per heavy atom. The summed E-state index contributed by atoms with van der Waals surface area (Å²) in [5.74, 6) is 1.54. The van der Waals surface area contributed by atoms with Gasteiger partial charge in [0.25, 0.3) is 0 Å². The Bertz CT molecular complexity index is 577. The molecule has 0 saturated carbocycles. The van der Waals surface area contributed by atoms with Crippen molar-refractivity contribution in [3.63, 3.8) is 0 Å². The lowest BCUT2D eigenvalue weighted by atomic mass is 9.97. The smallest absolute Gasteiger partial charge is 0.130 e. The van der Waals surface area contributed by atoms with Crippen molar-refractivity contribution in [3.05, 3.63) is 47.0 Å². The average Bonchev–Trinajstić information content (AvgIpc) is 2.48. The molecule has 0 fully saturated rings. The highest BCUT2D eigenvalue weighted by molar-refractivity contribution is 6.31. The predicted octanol–water partition coefficient (Wildman–Crippen LogP) is 3.74. The fraction of sp³-hybridized carbons (Fsp3) is 0.250. The van der Waals surface area contributed by atoms with Gasteiger partial charge in [-0.1, -0.05) is 23.7 Å². The van der Waals surface area contributed by atoms with E-state index in [2.05, 4.69) is 5.32 Å². The average molecular weight is 292 g/mol.